The average Bonchev–Trinajstić information content (AvgIpc) is 2.46. The predicted molar refractivity (Wildman–Crippen MR) is 93.5 cm³/mol. The van der Waals surface area contributed by atoms with Gasteiger partial charge in [-0.15, -0.1) is 0 Å². The van der Waals surface area contributed by atoms with Crippen LogP contribution in [0.2, 0.25) is 0 Å². The van der Waals surface area contributed by atoms with E-state index in [4.69, 9.17) is 5.73 Å². The summed E-state index contributed by atoms with van der Waals surface area (Å²) in [4.78, 5) is 13.2. The molecule has 2 rings (SSSR count). The fraction of sp³-hybridized carbons (Fsp3) is 0.647. The van der Waals surface area contributed by atoms with Crippen LogP contribution in [0.4, 0.5) is 0 Å². The number of guanidine groups is 1. The third-order valence-corrected chi connectivity index (χ3v) is 4.18. The van der Waals surface area contributed by atoms with Crippen molar-refractivity contribution in [3.05, 3.63) is 24.2 Å². The molecule has 0 aliphatic carbocycles. The van der Waals surface area contributed by atoms with Crippen LogP contribution >= 0.6 is 0 Å². The number of rotatable bonds is 2. The lowest BCUT2D eigenvalue weighted by atomic mass is 9.84. The lowest BCUT2D eigenvalue weighted by Gasteiger charge is -2.42. The molecule has 2 heterocycles. The van der Waals surface area contributed by atoms with Crippen molar-refractivity contribution < 1.29 is 0 Å². The second kappa shape index (κ2) is 6.99. The lowest BCUT2D eigenvalue weighted by molar-refractivity contribution is 0.169. The first kappa shape index (κ1) is 16.6. The van der Waals surface area contributed by atoms with Crippen LogP contribution in [-0.4, -0.2) is 41.7 Å². The monoisotopic (exact) mass is 303 g/mol. The largest absolute Gasteiger partial charge is 0.382 e. The van der Waals surface area contributed by atoms with E-state index < -0.39 is 0 Å². The van der Waals surface area contributed by atoms with Crippen LogP contribution in [0.25, 0.3) is 0 Å². The molecule has 0 atom stereocenters. The Morgan fingerprint density at radius 1 is 1.50 bits per heavy atom. The summed E-state index contributed by atoms with van der Waals surface area (Å²) in [5.74, 6) is 1.53. The highest BCUT2D eigenvalue weighted by Gasteiger charge is 2.31. The summed E-state index contributed by atoms with van der Waals surface area (Å²) in [7, 11) is 1.85. The molecular formula is C17H29N5. The number of hydrogen-bond donors (Lipinski definition) is 1. The van der Waals surface area contributed by atoms with Crippen molar-refractivity contribution in [2.75, 3.05) is 20.1 Å². The maximum absolute atomic E-state index is 6.10. The third kappa shape index (κ3) is 3.70. The third-order valence-electron chi connectivity index (χ3n) is 4.18. The molecule has 2 aliphatic heterocycles. The van der Waals surface area contributed by atoms with Crippen molar-refractivity contribution >= 4 is 11.8 Å². The molecule has 2 aliphatic rings. The Morgan fingerprint density at radius 3 is 2.91 bits per heavy atom. The molecule has 0 unspecified atom stereocenters. The Morgan fingerprint density at radius 2 is 2.27 bits per heavy atom. The molecule has 5 nitrogen and oxygen atoms in total. The lowest BCUT2D eigenvalue weighted by Crippen LogP contribution is -2.50. The van der Waals surface area contributed by atoms with Gasteiger partial charge in [0.25, 0.3) is 0 Å². The van der Waals surface area contributed by atoms with Gasteiger partial charge in [-0.25, -0.2) is 4.99 Å². The van der Waals surface area contributed by atoms with Gasteiger partial charge in [0.15, 0.2) is 0 Å². The molecule has 122 valence electrons. The Bertz CT molecular complexity index is 513. The summed E-state index contributed by atoms with van der Waals surface area (Å²) < 4.78 is 0. The van der Waals surface area contributed by atoms with E-state index >= 15 is 0 Å². The second-order valence-electron chi connectivity index (χ2n) is 6.77. The van der Waals surface area contributed by atoms with Crippen LogP contribution < -0.4 is 5.73 Å². The van der Waals surface area contributed by atoms with Crippen molar-refractivity contribution in [1.82, 2.24) is 9.80 Å². The molecule has 1 fully saturated rings. The molecule has 0 radical (unpaired) electrons. The molecule has 0 saturated carbocycles. The van der Waals surface area contributed by atoms with Gasteiger partial charge in [-0.2, -0.15) is 0 Å². The SMILES string of the molecule is CCC/C=C1\C(N)=NC=CN1/C(=N\C)N1CCCC(C)(C)C1. The van der Waals surface area contributed by atoms with Crippen LogP contribution in [0, 0.1) is 5.41 Å². The van der Waals surface area contributed by atoms with Crippen LogP contribution in [0.3, 0.4) is 0 Å². The molecule has 0 bridgehead atoms. The van der Waals surface area contributed by atoms with Gasteiger partial charge < -0.3 is 10.6 Å². The summed E-state index contributed by atoms with van der Waals surface area (Å²) in [6.07, 6.45) is 10.4. The van der Waals surface area contributed by atoms with E-state index in [-0.39, 0.29) is 0 Å². The van der Waals surface area contributed by atoms with E-state index in [1.807, 2.05) is 13.2 Å². The summed E-state index contributed by atoms with van der Waals surface area (Å²) in [5.41, 5.74) is 7.37. The predicted octanol–water partition coefficient (Wildman–Crippen LogP) is 2.92. The van der Waals surface area contributed by atoms with E-state index in [1.165, 1.54) is 12.8 Å². The topological polar surface area (TPSA) is 57.2 Å². The second-order valence-corrected chi connectivity index (χ2v) is 6.77. The average molecular weight is 303 g/mol. The number of hydrogen-bond acceptors (Lipinski definition) is 3. The van der Waals surface area contributed by atoms with E-state index in [2.05, 4.69) is 46.6 Å². The smallest absolute Gasteiger partial charge is 0.205 e. The summed E-state index contributed by atoms with van der Waals surface area (Å²) in [6.45, 7) is 8.86. The number of piperidine rings is 1. The molecule has 5 heteroatoms. The standard InChI is InChI=1S/C17H29N5/c1-5-6-8-14-15(18)20-10-12-22(14)16(19-4)21-11-7-9-17(2,3)13-21/h8,10,12H,5-7,9,11,13H2,1-4H3,(H2,18,20)/b14-8+,19-16-. The van der Waals surface area contributed by atoms with Gasteiger partial charge in [-0.05, 0) is 24.7 Å². The maximum Gasteiger partial charge on any atom is 0.205 e. The number of unbranched alkanes of at least 4 members (excludes halogenated alkanes) is 1. The van der Waals surface area contributed by atoms with Crippen molar-refractivity contribution in [2.45, 2.75) is 46.5 Å². The summed E-state index contributed by atoms with van der Waals surface area (Å²) in [6, 6.07) is 0. The molecule has 1 saturated heterocycles. The summed E-state index contributed by atoms with van der Waals surface area (Å²) >= 11 is 0. The molecule has 0 amide bonds. The minimum Gasteiger partial charge on any atom is -0.382 e. The van der Waals surface area contributed by atoms with Crippen molar-refractivity contribution in [3.8, 4) is 0 Å². The summed E-state index contributed by atoms with van der Waals surface area (Å²) in [5, 5.41) is 0. The van der Waals surface area contributed by atoms with E-state index in [0.717, 1.165) is 37.6 Å². The highest BCUT2D eigenvalue weighted by atomic mass is 15.4. The van der Waals surface area contributed by atoms with Crippen LogP contribution in [0.5, 0.6) is 0 Å². The highest BCUT2D eigenvalue weighted by molar-refractivity contribution is 6.02. The van der Waals surface area contributed by atoms with Gasteiger partial charge in [-0.1, -0.05) is 33.3 Å². The Kier molecular flexibility index (Phi) is 5.27. The molecular weight excluding hydrogens is 274 g/mol. The minimum atomic E-state index is 0.320. The number of nitrogens with two attached hydrogens (primary N) is 1. The van der Waals surface area contributed by atoms with E-state index in [9.17, 15) is 0 Å². The van der Waals surface area contributed by atoms with Gasteiger partial charge in [0, 0.05) is 32.5 Å². The zero-order chi connectivity index (χ0) is 16.2. The van der Waals surface area contributed by atoms with Gasteiger partial charge in [0.2, 0.25) is 5.96 Å². The van der Waals surface area contributed by atoms with E-state index in [0.29, 0.717) is 11.3 Å². The fourth-order valence-corrected chi connectivity index (χ4v) is 3.10. The van der Waals surface area contributed by atoms with E-state index in [1.54, 1.807) is 6.20 Å². The van der Waals surface area contributed by atoms with Gasteiger partial charge in [0.05, 0.1) is 5.70 Å². The van der Waals surface area contributed by atoms with Crippen molar-refractivity contribution in [3.63, 3.8) is 0 Å². The normalized spacial score (nSPS) is 23.9. The van der Waals surface area contributed by atoms with Crippen molar-refractivity contribution in [1.29, 1.82) is 0 Å². The number of nitrogens with zero attached hydrogens (tertiary/aromatic N) is 4. The zero-order valence-corrected chi connectivity index (χ0v) is 14.3. The van der Waals surface area contributed by atoms with Gasteiger partial charge >= 0.3 is 0 Å². The minimum absolute atomic E-state index is 0.320. The zero-order valence-electron chi connectivity index (χ0n) is 14.3. The number of aliphatic imine (C=N–C) groups is 2. The molecule has 0 aromatic heterocycles. The maximum atomic E-state index is 6.10. The Labute approximate surface area is 134 Å². The first-order chi connectivity index (χ1) is 10.5. The quantitative estimate of drug-likeness (QED) is 0.630. The van der Waals surface area contributed by atoms with Crippen LogP contribution in [0.1, 0.15) is 46.5 Å². The Hall–Kier alpha value is -1.78. The van der Waals surface area contributed by atoms with Crippen LogP contribution in [0.15, 0.2) is 34.2 Å². The highest BCUT2D eigenvalue weighted by Crippen LogP contribution is 2.29. The van der Waals surface area contributed by atoms with Gasteiger partial charge in [-0.3, -0.25) is 9.89 Å². The number of allylic oxidation sites excluding steroid dienone is 1. The Balaban J connectivity index is 2.26. The molecule has 2 N–H and O–H groups in total. The molecule has 0 aromatic rings. The fourth-order valence-electron chi connectivity index (χ4n) is 3.10. The first-order valence-corrected chi connectivity index (χ1v) is 8.20. The number of likely N-dealkylation sites (tertiary alicyclic amines) is 1. The first-order valence-electron chi connectivity index (χ1n) is 8.20. The number of amidine groups is 1. The van der Waals surface area contributed by atoms with Crippen molar-refractivity contribution in [2.24, 2.45) is 21.1 Å². The molecule has 0 aromatic carbocycles. The van der Waals surface area contributed by atoms with Crippen LogP contribution in [-0.2, 0) is 0 Å². The molecule has 0 spiro atoms. The van der Waals surface area contributed by atoms with Gasteiger partial charge in [0.1, 0.15) is 5.84 Å². The molecule has 22 heavy (non-hydrogen) atoms.